The lowest BCUT2D eigenvalue weighted by Gasteiger charge is -2.37. The van der Waals surface area contributed by atoms with Gasteiger partial charge in [0.05, 0.1) is 6.10 Å². The van der Waals surface area contributed by atoms with Crippen molar-refractivity contribution in [3.05, 3.63) is 18.2 Å². The second-order valence-corrected chi connectivity index (χ2v) is 7.29. The van der Waals surface area contributed by atoms with Gasteiger partial charge in [-0.05, 0) is 42.7 Å². The van der Waals surface area contributed by atoms with Crippen LogP contribution in [0, 0.1) is 17.8 Å². The maximum atomic E-state index is 12.2. The van der Waals surface area contributed by atoms with Crippen molar-refractivity contribution >= 4 is 11.6 Å². The summed E-state index contributed by atoms with van der Waals surface area (Å²) in [5, 5.41) is 2.87. The summed E-state index contributed by atoms with van der Waals surface area (Å²) in [5.74, 6) is 3.03. The number of hydrogen-bond acceptors (Lipinski definition) is 4. The Morgan fingerprint density at radius 2 is 2.08 bits per heavy atom. The molecule has 0 aromatic heterocycles. The number of benzene rings is 1. The van der Waals surface area contributed by atoms with Crippen molar-refractivity contribution in [2.24, 2.45) is 17.8 Å². The van der Waals surface area contributed by atoms with Crippen LogP contribution in [0.15, 0.2) is 18.2 Å². The van der Waals surface area contributed by atoms with E-state index < -0.39 is 0 Å². The molecule has 1 aromatic rings. The van der Waals surface area contributed by atoms with Crippen molar-refractivity contribution in [1.82, 2.24) is 0 Å². The zero-order chi connectivity index (χ0) is 17.1. The van der Waals surface area contributed by atoms with Gasteiger partial charge in [-0.15, -0.1) is 0 Å². The minimum absolute atomic E-state index is 0.0923. The molecule has 3 atom stereocenters. The Morgan fingerprint density at radius 1 is 1.29 bits per heavy atom. The van der Waals surface area contributed by atoms with E-state index in [1.807, 2.05) is 6.07 Å². The third-order valence-electron chi connectivity index (χ3n) is 5.05. The minimum atomic E-state index is -0.130. The van der Waals surface area contributed by atoms with E-state index in [1.165, 1.54) is 12.8 Å². The highest BCUT2D eigenvalue weighted by Crippen LogP contribution is 2.36. The Morgan fingerprint density at radius 3 is 2.88 bits per heavy atom. The average Bonchev–Trinajstić information content (AvgIpc) is 3.00. The normalized spacial score (nSPS) is 25.8. The van der Waals surface area contributed by atoms with Gasteiger partial charge in [0.2, 0.25) is 12.7 Å². The van der Waals surface area contributed by atoms with Gasteiger partial charge < -0.3 is 19.5 Å². The van der Waals surface area contributed by atoms with Gasteiger partial charge in [0, 0.05) is 11.8 Å². The highest BCUT2D eigenvalue weighted by molar-refractivity contribution is 5.92. The van der Waals surface area contributed by atoms with Gasteiger partial charge in [0.15, 0.2) is 11.5 Å². The summed E-state index contributed by atoms with van der Waals surface area (Å²) in [7, 11) is 0. The van der Waals surface area contributed by atoms with Gasteiger partial charge >= 0.3 is 0 Å². The van der Waals surface area contributed by atoms with Crippen LogP contribution in [0.1, 0.15) is 40.0 Å². The highest BCUT2D eigenvalue weighted by Gasteiger charge is 2.31. The Kier molecular flexibility index (Phi) is 5.29. The van der Waals surface area contributed by atoms with Crippen LogP contribution in [0.2, 0.25) is 0 Å². The lowest BCUT2D eigenvalue weighted by atomic mass is 9.75. The summed E-state index contributed by atoms with van der Waals surface area (Å²) in [4.78, 5) is 12.2. The molecule has 1 fully saturated rings. The van der Waals surface area contributed by atoms with E-state index in [4.69, 9.17) is 14.2 Å². The highest BCUT2D eigenvalue weighted by atomic mass is 16.7. The molecule has 0 saturated heterocycles. The first-order valence-electron chi connectivity index (χ1n) is 8.84. The third-order valence-corrected chi connectivity index (χ3v) is 5.05. The molecular formula is C19H27NO4. The predicted octanol–water partition coefficient (Wildman–Crippen LogP) is 3.83. The van der Waals surface area contributed by atoms with Crippen LogP contribution in [-0.2, 0) is 9.53 Å². The lowest BCUT2D eigenvalue weighted by molar-refractivity contribution is -0.126. The molecule has 24 heavy (non-hydrogen) atoms. The Labute approximate surface area is 143 Å². The van der Waals surface area contributed by atoms with E-state index in [1.54, 1.807) is 12.1 Å². The molecule has 1 aliphatic heterocycles. The first-order chi connectivity index (χ1) is 11.5. The molecule has 132 valence electrons. The molecule has 3 rings (SSSR count). The van der Waals surface area contributed by atoms with Crippen molar-refractivity contribution in [1.29, 1.82) is 0 Å². The standard InChI is InChI=1S/C19H27NO4/c1-12(2)15-6-4-13(3)8-17(15)22-10-19(21)20-14-5-7-16-18(9-14)24-11-23-16/h5,7,9,12-13,15,17H,4,6,8,10-11H2,1-3H3,(H,20,21)/t13-,15+,17-/m1/s1. The molecule has 2 aliphatic rings. The van der Waals surface area contributed by atoms with E-state index in [0.29, 0.717) is 34.9 Å². The van der Waals surface area contributed by atoms with E-state index in [2.05, 4.69) is 26.1 Å². The van der Waals surface area contributed by atoms with E-state index >= 15 is 0 Å². The number of carbonyl (C=O) groups excluding carboxylic acids is 1. The zero-order valence-electron chi connectivity index (χ0n) is 14.7. The smallest absolute Gasteiger partial charge is 0.250 e. The molecule has 5 nitrogen and oxygen atoms in total. The average molecular weight is 333 g/mol. The van der Waals surface area contributed by atoms with Gasteiger partial charge in [-0.25, -0.2) is 0 Å². The molecule has 0 radical (unpaired) electrons. The van der Waals surface area contributed by atoms with Crippen LogP contribution < -0.4 is 14.8 Å². The molecule has 1 aliphatic carbocycles. The Balaban J connectivity index is 1.53. The van der Waals surface area contributed by atoms with Crippen LogP contribution in [-0.4, -0.2) is 25.4 Å². The molecule has 1 saturated carbocycles. The second kappa shape index (κ2) is 7.43. The van der Waals surface area contributed by atoms with E-state index in [9.17, 15) is 4.79 Å². The molecule has 1 aromatic carbocycles. The minimum Gasteiger partial charge on any atom is -0.454 e. The number of nitrogens with one attached hydrogen (secondary N) is 1. The third kappa shape index (κ3) is 4.01. The van der Waals surface area contributed by atoms with Crippen LogP contribution in [0.25, 0.3) is 0 Å². The summed E-state index contributed by atoms with van der Waals surface area (Å²) in [6.45, 7) is 7.06. The van der Waals surface area contributed by atoms with Crippen molar-refractivity contribution in [3.8, 4) is 11.5 Å². The van der Waals surface area contributed by atoms with Gasteiger partial charge in [-0.2, -0.15) is 0 Å². The summed E-state index contributed by atoms with van der Waals surface area (Å²) < 4.78 is 16.6. The SMILES string of the molecule is CC(C)[C@@H]1CC[C@@H](C)C[C@H]1OCC(=O)Nc1ccc2c(c1)OCO2. The number of hydrogen-bond donors (Lipinski definition) is 1. The number of ether oxygens (including phenoxy) is 3. The van der Waals surface area contributed by atoms with Crippen molar-refractivity contribution in [3.63, 3.8) is 0 Å². The second-order valence-electron chi connectivity index (χ2n) is 7.29. The number of anilines is 1. The molecule has 0 unspecified atom stereocenters. The summed E-state index contributed by atoms with van der Waals surface area (Å²) >= 11 is 0. The molecule has 1 amide bonds. The van der Waals surface area contributed by atoms with Crippen LogP contribution in [0.3, 0.4) is 0 Å². The molecule has 0 bridgehead atoms. The Bertz CT molecular complexity index is 587. The molecule has 0 spiro atoms. The number of amides is 1. The summed E-state index contributed by atoms with van der Waals surface area (Å²) in [5.41, 5.74) is 0.699. The van der Waals surface area contributed by atoms with Crippen LogP contribution in [0.5, 0.6) is 11.5 Å². The summed E-state index contributed by atoms with van der Waals surface area (Å²) in [6.07, 6.45) is 3.66. The van der Waals surface area contributed by atoms with E-state index in [-0.39, 0.29) is 25.4 Å². The molecule has 1 heterocycles. The molecule has 5 heteroatoms. The fraction of sp³-hybridized carbons (Fsp3) is 0.632. The van der Waals surface area contributed by atoms with Gasteiger partial charge in [0.1, 0.15) is 6.61 Å². The number of fused-ring (bicyclic) bond motifs is 1. The molecular weight excluding hydrogens is 306 g/mol. The van der Waals surface area contributed by atoms with E-state index in [0.717, 1.165) is 6.42 Å². The summed E-state index contributed by atoms with van der Waals surface area (Å²) in [6, 6.07) is 5.39. The maximum Gasteiger partial charge on any atom is 0.250 e. The quantitative estimate of drug-likeness (QED) is 0.890. The lowest BCUT2D eigenvalue weighted by Crippen LogP contribution is -2.36. The zero-order valence-corrected chi connectivity index (χ0v) is 14.7. The number of carbonyl (C=O) groups is 1. The first kappa shape index (κ1) is 17.1. The first-order valence-corrected chi connectivity index (χ1v) is 8.84. The van der Waals surface area contributed by atoms with Crippen molar-refractivity contribution in [2.45, 2.75) is 46.1 Å². The maximum absolute atomic E-state index is 12.2. The predicted molar refractivity (Wildman–Crippen MR) is 92.3 cm³/mol. The van der Waals surface area contributed by atoms with Gasteiger partial charge in [-0.3, -0.25) is 4.79 Å². The largest absolute Gasteiger partial charge is 0.454 e. The fourth-order valence-electron chi connectivity index (χ4n) is 3.66. The monoisotopic (exact) mass is 333 g/mol. The Hall–Kier alpha value is -1.75. The van der Waals surface area contributed by atoms with Crippen molar-refractivity contribution in [2.75, 3.05) is 18.7 Å². The number of rotatable bonds is 5. The molecule has 1 N–H and O–H groups in total. The van der Waals surface area contributed by atoms with Crippen LogP contribution in [0.4, 0.5) is 5.69 Å². The van der Waals surface area contributed by atoms with Gasteiger partial charge in [-0.1, -0.05) is 27.2 Å². The van der Waals surface area contributed by atoms with Crippen LogP contribution >= 0.6 is 0 Å². The van der Waals surface area contributed by atoms with Gasteiger partial charge in [0.25, 0.3) is 0 Å². The topological polar surface area (TPSA) is 56.8 Å². The fourth-order valence-corrected chi connectivity index (χ4v) is 3.66. The van der Waals surface area contributed by atoms with Crippen molar-refractivity contribution < 1.29 is 19.0 Å².